The Hall–Kier alpha value is -1.80. The predicted octanol–water partition coefficient (Wildman–Crippen LogP) is 4.53. The van der Waals surface area contributed by atoms with Crippen molar-refractivity contribution in [3.05, 3.63) is 63.7 Å². The first-order valence-electron chi connectivity index (χ1n) is 6.47. The van der Waals surface area contributed by atoms with Gasteiger partial charge in [0.2, 0.25) is 0 Å². The van der Waals surface area contributed by atoms with Gasteiger partial charge in [-0.3, -0.25) is 4.79 Å². The first kappa shape index (κ1) is 14.6. The Balaban J connectivity index is 2.12. The second-order valence-corrected chi connectivity index (χ2v) is 5.38. The van der Waals surface area contributed by atoms with Crippen molar-refractivity contribution in [1.82, 2.24) is 0 Å². The fraction of sp³-hybridized carbons (Fsp3) is 0.235. The van der Waals surface area contributed by atoms with E-state index in [0.29, 0.717) is 16.3 Å². The fourth-order valence-corrected chi connectivity index (χ4v) is 2.15. The van der Waals surface area contributed by atoms with Gasteiger partial charge < -0.3 is 4.74 Å². The number of ether oxygens (including phenoxy) is 1. The van der Waals surface area contributed by atoms with Crippen LogP contribution < -0.4 is 4.74 Å². The summed E-state index contributed by atoms with van der Waals surface area (Å²) in [5.74, 6) is 0.627. The van der Waals surface area contributed by atoms with Gasteiger partial charge in [0.25, 0.3) is 0 Å². The lowest BCUT2D eigenvalue weighted by Gasteiger charge is -2.10. The van der Waals surface area contributed by atoms with E-state index < -0.39 is 0 Å². The number of rotatable bonds is 4. The molecule has 20 heavy (non-hydrogen) atoms. The zero-order valence-electron chi connectivity index (χ0n) is 11.9. The lowest BCUT2D eigenvalue weighted by molar-refractivity contribution is 0.0920. The minimum absolute atomic E-state index is 0.0193. The summed E-state index contributed by atoms with van der Waals surface area (Å²) in [6.45, 7) is 5.84. The topological polar surface area (TPSA) is 26.3 Å². The summed E-state index contributed by atoms with van der Waals surface area (Å²) in [7, 11) is 0. The van der Waals surface area contributed by atoms with Crippen LogP contribution in [-0.2, 0) is 0 Å². The van der Waals surface area contributed by atoms with Crippen molar-refractivity contribution in [2.75, 3.05) is 6.61 Å². The average Bonchev–Trinajstić information content (AvgIpc) is 2.42. The van der Waals surface area contributed by atoms with E-state index in [2.05, 4.69) is 0 Å². The predicted molar refractivity (Wildman–Crippen MR) is 81.9 cm³/mol. The minimum atomic E-state index is -0.0226. The van der Waals surface area contributed by atoms with Crippen molar-refractivity contribution in [2.24, 2.45) is 0 Å². The molecule has 0 aliphatic carbocycles. The lowest BCUT2D eigenvalue weighted by Crippen LogP contribution is -2.13. The quantitative estimate of drug-likeness (QED) is 0.773. The smallest absolute Gasteiger partial charge is 0.200 e. The molecule has 2 aromatic rings. The van der Waals surface area contributed by atoms with E-state index in [9.17, 15) is 4.79 Å². The number of hydrogen-bond donors (Lipinski definition) is 0. The van der Waals surface area contributed by atoms with E-state index in [0.717, 1.165) is 16.7 Å². The van der Waals surface area contributed by atoms with Crippen LogP contribution in [0.5, 0.6) is 5.75 Å². The Bertz CT molecular complexity index is 647. The molecule has 2 nitrogen and oxygen atoms in total. The van der Waals surface area contributed by atoms with E-state index in [1.165, 1.54) is 0 Å². The maximum atomic E-state index is 12.2. The molecular formula is C17H17ClO2. The summed E-state index contributed by atoms with van der Waals surface area (Å²) in [4.78, 5) is 12.2. The summed E-state index contributed by atoms with van der Waals surface area (Å²) >= 11 is 5.93. The minimum Gasteiger partial charge on any atom is -0.485 e. The van der Waals surface area contributed by atoms with E-state index >= 15 is 0 Å². The molecule has 0 aliphatic heterocycles. The van der Waals surface area contributed by atoms with Gasteiger partial charge in [-0.25, -0.2) is 0 Å². The molecule has 0 N–H and O–H groups in total. The summed E-state index contributed by atoms with van der Waals surface area (Å²) in [5.41, 5.74) is 3.71. The second kappa shape index (κ2) is 6.10. The van der Waals surface area contributed by atoms with Crippen LogP contribution in [0.4, 0.5) is 0 Å². The Morgan fingerprint density at radius 1 is 1.05 bits per heavy atom. The van der Waals surface area contributed by atoms with Crippen LogP contribution in [0.15, 0.2) is 36.4 Å². The molecule has 0 bridgehead atoms. The summed E-state index contributed by atoms with van der Waals surface area (Å²) < 4.78 is 5.59. The van der Waals surface area contributed by atoms with Gasteiger partial charge in [-0.2, -0.15) is 0 Å². The second-order valence-electron chi connectivity index (χ2n) is 4.94. The van der Waals surface area contributed by atoms with Gasteiger partial charge >= 0.3 is 0 Å². The van der Waals surface area contributed by atoms with Gasteiger partial charge in [-0.05, 0) is 50.1 Å². The van der Waals surface area contributed by atoms with Crippen molar-refractivity contribution in [3.8, 4) is 5.75 Å². The summed E-state index contributed by atoms with van der Waals surface area (Å²) in [5, 5.41) is 0.602. The SMILES string of the molecule is Cc1ccc(C)c(C(=O)COc2cc(Cl)ccc2C)c1. The van der Waals surface area contributed by atoms with Gasteiger partial charge in [0.1, 0.15) is 5.75 Å². The molecule has 3 heteroatoms. The number of ketones is 1. The third-order valence-electron chi connectivity index (χ3n) is 3.20. The molecule has 0 saturated carbocycles. The summed E-state index contributed by atoms with van der Waals surface area (Å²) in [6.07, 6.45) is 0. The number of carbonyl (C=O) groups is 1. The van der Waals surface area contributed by atoms with Crippen LogP contribution in [-0.4, -0.2) is 12.4 Å². The molecule has 2 rings (SSSR count). The molecule has 0 aliphatic rings. The van der Waals surface area contributed by atoms with Crippen LogP contribution in [0.3, 0.4) is 0 Å². The van der Waals surface area contributed by atoms with E-state index in [-0.39, 0.29) is 12.4 Å². The van der Waals surface area contributed by atoms with E-state index in [1.807, 2.05) is 45.0 Å². The maximum absolute atomic E-state index is 12.2. The molecule has 0 heterocycles. The van der Waals surface area contributed by atoms with Gasteiger partial charge in [0.15, 0.2) is 12.4 Å². The average molecular weight is 289 g/mol. The number of Topliss-reactive ketones (excluding diaryl/α,β-unsaturated/α-hetero) is 1. The van der Waals surface area contributed by atoms with E-state index in [1.54, 1.807) is 12.1 Å². The van der Waals surface area contributed by atoms with E-state index in [4.69, 9.17) is 16.3 Å². The molecule has 0 fully saturated rings. The maximum Gasteiger partial charge on any atom is 0.200 e. The molecule has 2 aromatic carbocycles. The molecule has 0 atom stereocenters. The lowest BCUT2D eigenvalue weighted by atomic mass is 10.0. The zero-order chi connectivity index (χ0) is 14.7. The Labute approximate surface area is 124 Å². The third kappa shape index (κ3) is 3.40. The van der Waals surface area contributed by atoms with Crippen LogP contribution in [0.1, 0.15) is 27.0 Å². The molecule has 0 amide bonds. The summed E-state index contributed by atoms with van der Waals surface area (Å²) in [6, 6.07) is 11.2. The van der Waals surface area contributed by atoms with Crippen LogP contribution in [0.2, 0.25) is 5.02 Å². The molecule has 0 radical (unpaired) electrons. The fourth-order valence-electron chi connectivity index (χ4n) is 1.99. The van der Waals surface area contributed by atoms with Crippen LogP contribution in [0, 0.1) is 20.8 Å². The molecule has 104 valence electrons. The molecule has 0 saturated heterocycles. The number of aryl methyl sites for hydroxylation is 3. The first-order chi connectivity index (χ1) is 9.47. The monoisotopic (exact) mass is 288 g/mol. The highest BCUT2D eigenvalue weighted by atomic mass is 35.5. The highest BCUT2D eigenvalue weighted by molar-refractivity contribution is 6.30. The standard InChI is InChI=1S/C17H17ClO2/c1-11-4-5-12(2)15(8-11)16(19)10-20-17-9-14(18)7-6-13(17)3/h4-9H,10H2,1-3H3. The molecule has 0 spiro atoms. The van der Waals surface area contributed by atoms with Crippen molar-refractivity contribution < 1.29 is 9.53 Å². The number of halogens is 1. The number of hydrogen-bond acceptors (Lipinski definition) is 2. The molecule has 0 aromatic heterocycles. The Morgan fingerprint density at radius 3 is 2.50 bits per heavy atom. The molecule has 0 unspecified atom stereocenters. The van der Waals surface area contributed by atoms with Gasteiger partial charge in [0.05, 0.1) is 0 Å². The van der Waals surface area contributed by atoms with Gasteiger partial charge in [-0.1, -0.05) is 35.4 Å². The third-order valence-corrected chi connectivity index (χ3v) is 3.44. The van der Waals surface area contributed by atoms with Crippen LogP contribution in [0.25, 0.3) is 0 Å². The number of carbonyl (C=O) groups excluding carboxylic acids is 1. The van der Waals surface area contributed by atoms with Crippen molar-refractivity contribution in [2.45, 2.75) is 20.8 Å². The highest BCUT2D eigenvalue weighted by Crippen LogP contribution is 2.23. The van der Waals surface area contributed by atoms with Crippen molar-refractivity contribution in [3.63, 3.8) is 0 Å². The van der Waals surface area contributed by atoms with Crippen molar-refractivity contribution in [1.29, 1.82) is 0 Å². The van der Waals surface area contributed by atoms with Gasteiger partial charge in [0, 0.05) is 10.6 Å². The van der Waals surface area contributed by atoms with Crippen LogP contribution >= 0.6 is 11.6 Å². The molecular weight excluding hydrogens is 272 g/mol. The number of benzene rings is 2. The Morgan fingerprint density at radius 2 is 1.75 bits per heavy atom. The zero-order valence-corrected chi connectivity index (χ0v) is 12.6. The highest BCUT2D eigenvalue weighted by Gasteiger charge is 2.11. The largest absolute Gasteiger partial charge is 0.485 e. The van der Waals surface area contributed by atoms with Crippen molar-refractivity contribution >= 4 is 17.4 Å². The first-order valence-corrected chi connectivity index (χ1v) is 6.84. The van der Waals surface area contributed by atoms with Gasteiger partial charge in [-0.15, -0.1) is 0 Å². The normalized spacial score (nSPS) is 10.4. The Kier molecular flexibility index (Phi) is 4.46.